The fourth-order valence-electron chi connectivity index (χ4n) is 2.78. The van der Waals surface area contributed by atoms with Crippen LogP contribution in [0.1, 0.15) is 57.1 Å². The number of benzene rings is 1. The van der Waals surface area contributed by atoms with Gasteiger partial charge in [-0.1, -0.05) is 49.4 Å². The highest BCUT2D eigenvalue weighted by Gasteiger charge is 2.28. The molecule has 1 fully saturated rings. The van der Waals surface area contributed by atoms with Crippen LogP contribution in [-0.2, 0) is 0 Å². The smallest absolute Gasteiger partial charge is 0.0771 e. The third-order valence-corrected chi connectivity index (χ3v) is 4.39. The molecule has 1 aromatic rings. The highest BCUT2D eigenvalue weighted by Crippen LogP contribution is 2.27. The van der Waals surface area contributed by atoms with Gasteiger partial charge in [0.15, 0.2) is 0 Å². The molecule has 106 valence electrons. The van der Waals surface area contributed by atoms with E-state index in [2.05, 4.69) is 12.2 Å². The van der Waals surface area contributed by atoms with Gasteiger partial charge in [0.1, 0.15) is 0 Å². The largest absolute Gasteiger partial charge is 0.389 e. The van der Waals surface area contributed by atoms with Gasteiger partial charge in [-0.05, 0) is 37.5 Å². The number of rotatable bonds is 4. The Balaban J connectivity index is 1.88. The standard InChI is InChI=1S/C16H24ClNO/c1-13(14-6-8-15(17)9-7-14)18-12-16(19)10-4-2-3-5-11-16/h6-9,13,18-19H,2-5,10-12H2,1H3. The molecule has 1 aliphatic rings. The molecule has 19 heavy (non-hydrogen) atoms. The van der Waals surface area contributed by atoms with Crippen molar-refractivity contribution in [2.24, 2.45) is 0 Å². The van der Waals surface area contributed by atoms with Crippen LogP contribution in [0.5, 0.6) is 0 Å². The Labute approximate surface area is 121 Å². The summed E-state index contributed by atoms with van der Waals surface area (Å²) in [6, 6.07) is 8.14. The molecule has 0 saturated heterocycles. The van der Waals surface area contributed by atoms with Crippen LogP contribution < -0.4 is 5.32 Å². The van der Waals surface area contributed by atoms with Gasteiger partial charge in [-0.3, -0.25) is 0 Å². The number of nitrogens with one attached hydrogen (secondary N) is 1. The molecular formula is C16H24ClNO. The maximum Gasteiger partial charge on any atom is 0.0771 e. The van der Waals surface area contributed by atoms with E-state index in [1.165, 1.54) is 18.4 Å². The van der Waals surface area contributed by atoms with E-state index in [1.54, 1.807) is 0 Å². The summed E-state index contributed by atoms with van der Waals surface area (Å²) in [5.41, 5.74) is 0.693. The van der Waals surface area contributed by atoms with Gasteiger partial charge in [0, 0.05) is 17.6 Å². The van der Waals surface area contributed by atoms with Crippen molar-refractivity contribution in [2.75, 3.05) is 6.54 Å². The first-order chi connectivity index (χ1) is 9.09. The van der Waals surface area contributed by atoms with Gasteiger partial charge in [-0.25, -0.2) is 0 Å². The van der Waals surface area contributed by atoms with Crippen LogP contribution in [0.15, 0.2) is 24.3 Å². The molecule has 1 aromatic carbocycles. The maximum absolute atomic E-state index is 10.6. The van der Waals surface area contributed by atoms with Crippen LogP contribution in [0.3, 0.4) is 0 Å². The first-order valence-electron chi connectivity index (χ1n) is 7.30. The van der Waals surface area contributed by atoms with Crippen LogP contribution >= 0.6 is 11.6 Å². The van der Waals surface area contributed by atoms with E-state index in [9.17, 15) is 5.11 Å². The summed E-state index contributed by atoms with van der Waals surface area (Å²) in [7, 11) is 0. The van der Waals surface area contributed by atoms with Gasteiger partial charge in [0.05, 0.1) is 5.60 Å². The fourth-order valence-corrected chi connectivity index (χ4v) is 2.90. The fraction of sp³-hybridized carbons (Fsp3) is 0.625. The zero-order valence-electron chi connectivity index (χ0n) is 11.7. The van der Waals surface area contributed by atoms with Gasteiger partial charge in [-0.2, -0.15) is 0 Å². The van der Waals surface area contributed by atoms with E-state index in [4.69, 9.17) is 11.6 Å². The minimum Gasteiger partial charge on any atom is -0.389 e. The predicted molar refractivity (Wildman–Crippen MR) is 80.5 cm³/mol. The summed E-state index contributed by atoms with van der Waals surface area (Å²) in [5, 5.41) is 14.8. The molecule has 0 heterocycles. The van der Waals surface area contributed by atoms with Gasteiger partial charge >= 0.3 is 0 Å². The van der Waals surface area contributed by atoms with Crippen molar-refractivity contribution >= 4 is 11.6 Å². The number of hydrogen-bond donors (Lipinski definition) is 2. The van der Waals surface area contributed by atoms with E-state index < -0.39 is 5.60 Å². The molecule has 0 spiro atoms. The van der Waals surface area contributed by atoms with Crippen molar-refractivity contribution in [3.8, 4) is 0 Å². The first-order valence-corrected chi connectivity index (χ1v) is 7.68. The lowest BCUT2D eigenvalue weighted by molar-refractivity contribution is 0.0231. The van der Waals surface area contributed by atoms with Gasteiger partial charge in [0.25, 0.3) is 0 Å². The Morgan fingerprint density at radius 1 is 1.16 bits per heavy atom. The average Bonchev–Trinajstić information content (AvgIpc) is 2.62. The molecule has 0 radical (unpaired) electrons. The first kappa shape index (κ1) is 14.8. The zero-order valence-corrected chi connectivity index (χ0v) is 12.4. The summed E-state index contributed by atoms with van der Waals surface area (Å²) in [4.78, 5) is 0. The van der Waals surface area contributed by atoms with E-state index in [-0.39, 0.29) is 6.04 Å². The second kappa shape index (κ2) is 6.74. The Bertz CT molecular complexity index is 382. The van der Waals surface area contributed by atoms with Crippen molar-refractivity contribution in [3.63, 3.8) is 0 Å². The number of aliphatic hydroxyl groups is 1. The van der Waals surface area contributed by atoms with Gasteiger partial charge in [0.2, 0.25) is 0 Å². The number of hydrogen-bond acceptors (Lipinski definition) is 2. The lowest BCUT2D eigenvalue weighted by Crippen LogP contribution is -2.41. The van der Waals surface area contributed by atoms with Crippen molar-refractivity contribution in [3.05, 3.63) is 34.9 Å². The highest BCUT2D eigenvalue weighted by molar-refractivity contribution is 6.30. The quantitative estimate of drug-likeness (QED) is 0.815. The minimum atomic E-state index is -0.517. The summed E-state index contributed by atoms with van der Waals surface area (Å²) in [6.07, 6.45) is 6.66. The molecule has 1 aliphatic carbocycles. The van der Waals surface area contributed by atoms with Crippen LogP contribution in [0.25, 0.3) is 0 Å². The molecular weight excluding hydrogens is 258 g/mol. The van der Waals surface area contributed by atoms with Crippen molar-refractivity contribution in [2.45, 2.75) is 57.1 Å². The van der Waals surface area contributed by atoms with Crippen molar-refractivity contribution in [1.82, 2.24) is 5.32 Å². The highest BCUT2D eigenvalue weighted by atomic mass is 35.5. The lowest BCUT2D eigenvalue weighted by Gasteiger charge is -2.29. The van der Waals surface area contributed by atoms with Crippen LogP contribution in [0.2, 0.25) is 5.02 Å². The molecule has 1 saturated carbocycles. The molecule has 0 amide bonds. The van der Waals surface area contributed by atoms with Crippen molar-refractivity contribution in [1.29, 1.82) is 0 Å². The molecule has 2 nitrogen and oxygen atoms in total. The summed E-state index contributed by atoms with van der Waals surface area (Å²) < 4.78 is 0. The minimum absolute atomic E-state index is 0.240. The predicted octanol–water partition coefficient (Wildman–Crippen LogP) is 4.08. The second-order valence-corrected chi connectivity index (χ2v) is 6.23. The third-order valence-electron chi connectivity index (χ3n) is 4.14. The topological polar surface area (TPSA) is 32.3 Å². The van der Waals surface area contributed by atoms with Gasteiger partial charge in [-0.15, -0.1) is 0 Å². The maximum atomic E-state index is 10.6. The number of halogens is 1. The summed E-state index contributed by atoms with van der Waals surface area (Å²) in [5.74, 6) is 0. The van der Waals surface area contributed by atoms with E-state index in [0.717, 1.165) is 30.7 Å². The Hall–Kier alpha value is -0.570. The van der Waals surface area contributed by atoms with E-state index in [1.807, 2.05) is 24.3 Å². The lowest BCUT2D eigenvalue weighted by atomic mass is 9.94. The molecule has 2 N–H and O–H groups in total. The van der Waals surface area contributed by atoms with Crippen molar-refractivity contribution < 1.29 is 5.11 Å². The molecule has 0 aromatic heterocycles. The summed E-state index contributed by atoms with van der Waals surface area (Å²) >= 11 is 5.90. The van der Waals surface area contributed by atoms with Crippen LogP contribution in [-0.4, -0.2) is 17.3 Å². The van der Waals surface area contributed by atoms with E-state index >= 15 is 0 Å². The average molecular weight is 282 g/mol. The van der Waals surface area contributed by atoms with Gasteiger partial charge < -0.3 is 10.4 Å². The monoisotopic (exact) mass is 281 g/mol. The molecule has 2 rings (SSSR count). The Morgan fingerprint density at radius 2 is 1.74 bits per heavy atom. The molecule has 3 heteroatoms. The third kappa shape index (κ3) is 4.48. The molecule has 0 bridgehead atoms. The Kier molecular flexibility index (Phi) is 5.26. The van der Waals surface area contributed by atoms with E-state index in [0.29, 0.717) is 6.54 Å². The second-order valence-electron chi connectivity index (χ2n) is 5.79. The van der Waals surface area contributed by atoms with Crippen LogP contribution in [0.4, 0.5) is 0 Å². The summed E-state index contributed by atoms with van der Waals surface area (Å²) in [6.45, 7) is 2.81. The Morgan fingerprint density at radius 3 is 2.32 bits per heavy atom. The van der Waals surface area contributed by atoms with Crippen LogP contribution in [0, 0.1) is 0 Å². The molecule has 1 unspecified atom stereocenters. The molecule has 1 atom stereocenters. The zero-order chi connectivity index (χ0) is 13.7. The molecule has 0 aliphatic heterocycles. The normalized spacial score (nSPS) is 20.8. The SMILES string of the molecule is CC(NCC1(O)CCCCCC1)c1ccc(Cl)cc1.